The highest BCUT2D eigenvalue weighted by Crippen LogP contribution is 2.41. The molecule has 4 rings (SSSR count). The fraction of sp³-hybridized carbons (Fsp3) is 0.500. The van der Waals surface area contributed by atoms with Crippen molar-refractivity contribution in [3.63, 3.8) is 0 Å². The number of anilines is 1. The SMILES string of the molecule is FC(F)(F)CN1Cc2cnn(C3CCCCO3)c2-c2ncc(Cl)cc21. The van der Waals surface area contributed by atoms with Crippen molar-refractivity contribution in [3.8, 4) is 11.4 Å². The highest BCUT2D eigenvalue weighted by Gasteiger charge is 2.36. The van der Waals surface area contributed by atoms with Gasteiger partial charge in [0.25, 0.3) is 0 Å². The second kappa shape index (κ2) is 6.17. The molecule has 4 heterocycles. The molecule has 5 nitrogen and oxygen atoms in total. The van der Waals surface area contributed by atoms with Gasteiger partial charge < -0.3 is 9.64 Å². The first-order valence-corrected chi connectivity index (χ1v) is 8.46. The second-order valence-corrected chi connectivity index (χ2v) is 6.71. The van der Waals surface area contributed by atoms with E-state index in [0.29, 0.717) is 28.6 Å². The van der Waals surface area contributed by atoms with Gasteiger partial charge in [-0.2, -0.15) is 18.3 Å². The molecule has 0 aliphatic carbocycles. The van der Waals surface area contributed by atoms with Gasteiger partial charge in [-0.3, -0.25) is 4.98 Å². The molecular formula is C16H16ClF3N4O. The van der Waals surface area contributed by atoms with Gasteiger partial charge in [-0.05, 0) is 25.3 Å². The summed E-state index contributed by atoms with van der Waals surface area (Å²) in [6.45, 7) is -0.302. The van der Waals surface area contributed by atoms with Gasteiger partial charge in [0.2, 0.25) is 0 Å². The van der Waals surface area contributed by atoms with Gasteiger partial charge in [0, 0.05) is 24.9 Å². The summed E-state index contributed by atoms with van der Waals surface area (Å²) in [7, 11) is 0. The molecule has 1 fully saturated rings. The number of nitrogens with zero attached hydrogens (tertiary/aromatic N) is 4. The van der Waals surface area contributed by atoms with Crippen LogP contribution in [0.15, 0.2) is 18.5 Å². The molecule has 0 bridgehead atoms. The van der Waals surface area contributed by atoms with Crippen LogP contribution in [-0.4, -0.2) is 34.1 Å². The van der Waals surface area contributed by atoms with Crippen molar-refractivity contribution in [3.05, 3.63) is 29.0 Å². The molecule has 2 aliphatic rings. The fourth-order valence-corrected chi connectivity index (χ4v) is 3.56. The largest absolute Gasteiger partial charge is 0.405 e. The van der Waals surface area contributed by atoms with E-state index in [2.05, 4.69) is 10.1 Å². The Balaban J connectivity index is 1.78. The normalized spacial score (nSPS) is 20.3. The molecule has 0 spiro atoms. The zero-order valence-electron chi connectivity index (χ0n) is 13.3. The Labute approximate surface area is 147 Å². The van der Waals surface area contributed by atoms with Crippen LogP contribution in [0.1, 0.15) is 31.1 Å². The molecular weight excluding hydrogens is 357 g/mol. The molecule has 0 radical (unpaired) electrons. The van der Waals surface area contributed by atoms with Crippen molar-refractivity contribution >= 4 is 17.3 Å². The summed E-state index contributed by atoms with van der Waals surface area (Å²) in [6, 6.07) is 1.53. The topological polar surface area (TPSA) is 43.2 Å². The maximum atomic E-state index is 13.0. The van der Waals surface area contributed by atoms with E-state index in [1.54, 1.807) is 10.9 Å². The zero-order valence-corrected chi connectivity index (χ0v) is 14.0. The molecule has 0 saturated carbocycles. The lowest BCUT2D eigenvalue weighted by atomic mass is 10.0. The monoisotopic (exact) mass is 372 g/mol. The maximum Gasteiger partial charge on any atom is 0.405 e. The lowest BCUT2D eigenvalue weighted by molar-refractivity contribution is -0.120. The molecule has 1 atom stereocenters. The van der Waals surface area contributed by atoms with Crippen LogP contribution in [0.25, 0.3) is 11.4 Å². The van der Waals surface area contributed by atoms with Crippen LogP contribution in [0, 0.1) is 0 Å². The van der Waals surface area contributed by atoms with Crippen LogP contribution in [0.3, 0.4) is 0 Å². The number of hydrogen-bond acceptors (Lipinski definition) is 4. The number of aromatic nitrogens is 3. The Morgan fingerprint density at radius 2 is 2.12 bits per heavy atom. The minimum atomic E-state index is -4.32. The van der Waals surface area contributed by atoms with Gasteiger partial charge in [-0.25, -0.2) is 4.68 Å². The average Bonchev–Trinajstić information content (AvgIpc) is 2.98. The predicted octanol–water partition coefficient (Wildman–Crippen LogP) is 4.18. The molecule has 2 aromatic heterocycles. The first kappa shape index (κ1) is 16.7. The van der Waals surface area contributed by atoms with Gasteiger partial charge in [0.1, 0.15) is 12.2 Å². The summed E-state index contributed by atoms with van der Waals surface area (Å²) >= 11 is 5.99. The van der Waals surface area contributed by atoms with E-state index in [1.807, 2.05) is 0 Å². The second-order valence-electron chi connectivity index (χ2n) is 6.28. The van der Waals surface area contributed by atoms with Crippen molar-refractivity contribution in [2.45, 2.75) is 38.2 Å². The highest BCUT2D eigenvalue weighted by atomic mass is 35.5. The summed E-state index contributed by atoms with van der Waals surface area (Å²) in [5.41, 5.74) is 2.26. The minimum absolute atomic E-state index is 0.108. The predicted molar refractivity (Wildman–Crippen MR) is 86.4 cm³/mol. The fourth-order valence-electron chi connectivity index (χ4n) is 3.41. The minimum Gasteiger partial charge on any atom is -0.356 e. The third-order valence-corrected chi connectivity index (χ3v) is 4.64. The average molecular weight is 373 g/mol. The van der Waals surface area contributed by atoms with Crippen molar-refractivity contribution in [2.24, 2.45) is 0 Å². The summed E-state index contributed by atoms with van der Waals surface area (Å²) < 4.78 is 46.4. The number of alkyl halides is 3. The third kappa shape index (κ3) is 3.20. The van der Waals surface area contributed by atoms with Crippen LogP contribution in [0.4, 0.5) is 18.9 Å². The van der Waals surface area contributed by atoms with E-state index in [0.717, 1.165) is 25.0 Å². The maximum absolute atomic E-state index is 13.0. The summed E-state index contributed by atoms with van der Waals surface area (Å²) in [4.78, 5) is 5.55. The standard InChI is InChI=1S/C16H16ClF3N4O/c17-11-5-12-14(21-7-11)15-10(8-23(12)9-16(18,19)20)6-22-24(15)13-3-1-2-4-25-13/h5-7,13H,1-4,8-9H2. The molecule has 25 heavy (non-hydrogen) atoms. The number of ether oxygens (including phenoxy) is 1. The summed E-state index contributed by atoms with van der Waals surface area (Å²) in [5, 5.41) is 4.68. The first-order chi connectivity index (χ1) is 11.9. The number of rotatable bonds is 2. The highest BCUT2D eigenvalue weighted by molar-refractivity contribution is 6.30. The number of pyridine rings is 1. The van der Waals surface area contributed by atoms with E-state index in [-0.39, 0.29) is 12.8 Å². The first-order valence-electron chi connectivity index (χ1n) is 8.08. The van der Waals surface area contributed by atoms with Crippen LogP contribution in [0.5, 0.6) is 0 Å². The Morgan fingerprint density at radius 1 is 1.28 bits per heavy atom. The van der Waals surface area contributed by atoms with E-state index in [9.17, 15) is 13.2 Å². The molecule has 0 N–H and O–H groups in total. The summed E-state index contributed by atoms with van der Waals surface area (Å²) in [6.07, 6.45) is 1.38. The van der Waals surface area contributed by atoms with E-state index in [4.69, 9.17) is 16.3 Å². The van der Waals surface area contributed by atoms with Crippen molar-refractivity contribution in [1.82, 2.24) is 14.8 Å². The molecule has 1 unspecified atom stereocenters. The Bertz CT molecular complexity index is 786. The van der Waals surface area contributed by atoms with Crippen LogP contribution in [0.2, 0.25) is 5.02 Å². The smallest absolute Gasteiger partial charge is 0.356 e. The Kier molecular flexibility index (Phi) is 4.11. The Hall–Kier alpha value is -1.80. The van der Waals surface area contributed by atoms with Crippen LogP contribution >= 0.6 is 11.6 Å². The molecule has 9 heteroatoms. The number of hydrogen-bond donors (Lipinski definition) is 0. The molecule has 0 amide bonds. The molecule has 0 aromatic carbocycles. The van der Waals surface area contributed by atoms with Crippen molar-refractivity contribution in [2.75, 3.05) is 18.1 Å². The zero-order chi connectivity index (χ0) is 17.6. The number of halogens is 4. The van der Waals surface area contributed by atoms with Crippen LogP contribution < -0.4 is 4.90 Å². The van der Waals surface area contributed by atoms with Gasteiger partial charge in [0.15, 0.2) is 6.23 Å². The van der Waals surface area contributed by atoms with E-state index in [1.165, 1.54) is 17.2 Å². The van der Waals surface area contributed by atoms with Crippen molar-refractivity contribution < 1.29 is 17.9 Å². The molecule has 1 saturated heterocycles. The van der Waals surface area contributed by atoms with Gasteiger partial charge >= 0.3 is 6.18 Å². The number of fused-ring (bicyclic) bond motifs is 3. The van der Waals surface area contributed by atoms with Gasteiger partial charge in [-0.1, -0.05) is 11.6 Å². The van der Waals surface area contributed by atoms with E-state index < -0.39 is 12.7 Å². The molecule has 134 valence electrons. The van der Waals surface area contributed by atoms with Crippen molar-refractivity contribution in [1.29, 1.82) is 0 Å². The van der Waals surface area contributed by atoms with Gasteiger partial charge in [0.05, 0.1) is 22.6 Å². The van der Waals surface area contributed by atoms with Crippen LogP contribution in [-0.2, 0) is 11.3 Å². The third-order valence-electron chi connectivity index (χ3n) is 4.43. The Morgan fingerprint density at radius 3 is 2.84 bits per heavy atom. The van der Waals surface area contributed by atoms with Gasteiger partial charge in [-0.15, -0.1) is 0 Å². The van der Waals surface area contributed by atoms with E-state index >= 15 is 0 Å². The molecule has 2 aromatic rings. The molecule has 2 aliphatic heterocycles. The quantitative estimate of drug-likeness (QED) is 0.793. The lowest BCUT2D eigenvalue weighted by Gasteiger charge is -2.32. The summed E-state index contributed by atoms with van der Waals surface area (Å²) in [5.74, 6) is 0. The lowest BCUT2D eigenvalue weighted by Crippen LogP contribution is -2.36.